The van der Waals surface area contributed by atoms with E-state index in [0.717, 1.165) is 17.2 Å². The van der Waals surface area contributed by atoms with Gasteiger partial charge in [0, 0.05) is 31.3 Å². The number of hydrogen-bond donors (Lipinski definition) is 3. The normalized spacial score (nSPS) is 12.2. The fourth-order valence-corrected chi connectivity index (χ4v) is 2.04. The van der Waals surface area contributed by atoms with Crippen LogP contribution in [0.25, 0.3) is 0 Å². The predicted molar refractivity (Wildman–Crippen MR) is 66.6 cm³/mol. The van der Waals surface area contributed by atoms with E-state index >= 15 is 0 Å². The van der Waals surface area contributed by atoms with Crippen LogP contribution in [0.3, 0.4) is 0 Å². The maximum Gasteiger partial charge on any atom is 0.217 e. The van der Waals surface area contributed by atoms with Crippen LogP contribution in [-0.4, -0.2) is 30.0 Å². The third-order valence-electron chi connectivity index (χ3n) is 1.96. The van der Waals surface area contributed by atoms with Crippen LogP contribution in [0.5, 0.6) is 0 Å². The number of nitrogens with one attached hydrogen (secondary N) is 2. The van der Waals surface area contributed by atoms with Crippen molar-refractivity contribution in [2.45, 2.75) is 26.3 Å². The predicted octanol–water partition coefficient (Wildman–Crippen LogP) is 0.581. The molecule has 0 fully saturated rings. The second-order valence-electron chi connectivity index (χ2n) is 3.67. The van der Waals surface area contributed by atoms with Gasteiger partial charge in [-0.05, 0) is 13.5 Å². The molecule has 5 nitrogen and oxygen atoms in total. The van der Waals surface area contributed by atoms with Crippen LogP contribution >= 0.6 is 11.3 Å². The summed E-state index contributed by atoms with van der Waals surface area (Å²) >= 11 is 1.56. The highest BCUT2D eigenvalue weighted by molar-refractivity contribution is 7.13. The Labute approximate surface area is 99.4 Å². The van der Waals surface area contributed by atoms with E-state index in [1.807, 2.05) is 12.3 Å². The lowest BCUT2D eigenvalue weighted by atomic mass is 10.3. The fraction of sp³-hybridized carbons (Fsp3) is 0.600. The number of carbonyl (C=O) groups excluding carboxylic acids is 1. The summed E-state index contributed by atoms with van der Waals surface area (Å²) < 4.78 is 0. The summed E-state index contributed by atoms with van der Waals surface area (Å²) in [7, 11) is 0. The van der Waals surface area contributed by atoms with E-state index in [0.29, 0.717) is 13.1 Å². The number of aromatic nitrogens is 1. The Kier molecular flexibility index (Phi) is 5.21. The standard InChI is InChI=1S/C10H18N4OS/c1-7(13-8(2)15)5-12-10-14-9(3-4-11)6-16-10/h6-7H,3-5,11H2,1-2H3,(H,12,14)(H,13,15). The summed E-state index contributed by atoms with van der Waals surface area (Å²) in [5.41, 5.74) is 6.46. The lowest BCUT2D eigenvalue weighted by molar-refractivity contribution is -0.119. The summed E-state index contributed by atoms with van der Waals surface area (Å²) in [6.45, 7) is 4.75. The minimum absolute atomic E-state index is 0.0164. The van der Waals surface area contributed by atoms with Crippen molar-refractivity contribution in [3.63, 3.8) is 0 Å². The molecule has 1 rings (SSSR count). The van der Waals surface area contributed by atoms with Gasteiger partial charge in [0.15, 0.2) is 5.13 Å². The number of hydrogen-bond acceptors (Lipinski definition) is 5. The summed E-state index contributed by atoms with van der Waals surface area (Å²) in [6.07, 6.45) is 0.805. The Bertz CT molecular complexity index is 339. The molecule has 4 N–H and O–H groups in total. The first-order chi connectivity index (χ1) is 7.61. The summed E-state index contributed by atoms with van der Waals surface area (Å²) in [4.78, 5) is 15.2. The van der Waals surface area contributed by atoms with Crippen molar-refractivity contribution in [3.8, 4) is 0 Å². The van der Waals surface area contributed by atoms with Gasteiger partial charge < -0.3 is 16.4 Å². The minimum atomic E-state index is -0.0164. The molecule has 0 aromatic carbocycles. The molecule has 0 aliphatic heterocycles. The smallest absolute Gasteiger partial charge is 0.217 e. The average molecular weight is 242 g/mol. The molecule has 0 aliphatic rings. The Morgan fingerprint density at radius 1 is 1.69 bits per heavy atom. The van der Waals surface area contributed by atoms with Gasteiger partial charge in [0.1, 0.15) is 0 Å². The number of nitrogens with two attached hydrogens (primary N) is 1. The van der Waals surface area contributed by atoms with Gasteiger partial charge in [-0.1, -0.05) is 0 Å². The molecule has 1 unspecified atom stereocenters. The minimum Gasteiger partial charge on any atom is -0.359 e. The summed E-state index contributed by atoms with van der Waals surface area (Å²) in [6, 6.07) is 0.0966. The largest absolute Gasteiger partial charge is 0.359 e. The molecule has 1 aromatic heterocycles. The SMILES string of the molecule is CC(=O)NC(C)CNc1nc(CCN)cs1. The van der Waals surface area contributed by atoms with Gasteiger partial charge in [0.2, 0.25) is 5.91 Å². The topological polar surface area (TPSA) is 80.0 Å². The lowest BCUT2D eigenvalue weighted by Crippen LogP contribution is -2.35. The molecule has 6 heteroatoms. The Balaban J connectivity index is 2.33. The van der Waals surface area contributed by atoms with E-state index in [-0.39, 0.29) is 11.9 Å². The zero-order valence-electron chi connectivity index (χ0n) is 9.62. The number of rotatable bonds is 6. The van der Waals surface area contributed by atoms with E-state index in [1.54, 1.807) is 11.3 Å². The van der Waals surface area contributed by atoms with Gasteiger partial charge in [-0.2, -0.15) is 0 Å². The van der Waals surface area contributed by atoms with Crippen molar-refractivity contribution in [1.29, 1.82) is 0 Å². The van der Waals surface area contributed by atoms with Crippen molar-refractivity contribution in [2.24, 2.45) is 5.73 Å². The van der Waals surface area contributed by atoms with E-state index in [1.165, 1.54) is 6.92 Å². The van der Waals surface area contributed by atoms with Crippen LogP contribution in [0.15, 0.2) is 5.38 Å². The van der Waals surface area contributed by atoms with Crippen molar-refractivity contribution in [1.82, 2.24) is 10.3 Å². The van der Waals surface area contributed by atoms with Gasteiger partial charge in [0.25, 0.3) is 0 Å². The van der Waals surface area contributed by atoms with Crippen molar-refractivity contribution >= 4 is 22.4 Å². The number of nitrogens with zero attached hydrogens (tertiary/aromatic N) is 1. The summed E-state index contributed by atoms with van der Waals surface area (Å²) in [5, 5.41) is 8.85. The van der Waals surface area contributed by atoms with Gasteiger partial charge in [0.05, 0.1) is 5.69 Å². The first-order valence-corrected chi connectivity index (χ1v) is 6.15. The molecule has 0 spiro atoms. The van der Waals surface area contributed by atoms with Crippen LogP contribution in [0.1, 0.15) is 19.5 Å². The molecule has 90 valence electrons. The van der Waals surface area contributed by atoms with Crippen LogP contribution in [0, 0.1) is 0 Å². The summed E-state index contributed by atoms with van der Waals surface area (Å²) in [5.74, 6) is -0.0164. The zero-order valence-corrected chi connectivity index (χ0v) is 10.4. The Morgan fingerprint density at radius 2 is 2.44 bits per heavy atom. The molecule has 1 heterocycles. The monoisotopic (exact) mass is 242 g/mol. The molecule has 0 saturated carbocycles. The quantitative estimate of drug-likeness (QED) is 0.682. The third-order valence-corrected chi connectivity index (χ3v) is 2.81. The highest BCUT2D eigenvalue weighted by atomic mass is 32.1. The van der Waals surface area contributed by atoms with E-state index in [2.05, 4.69) is 15.6 Å². The number of thiazole rings is 1. The van der Waals surface area contributed by atoms with Crippen molar-refractivity contribution in [2.75, 3.05) is 18.4 Å². The number of anilines is 1. The highest BCUT2D eigenvalue weighted by Crippen LogP contribution is 2.15. The van der Waals surface area contributed by atoms with Gasteiger partial charge in [-0.3, -0.25) is 4.79 Å². The molecule has 1 atom stereocenters. The van der Waals surface area contributed by atoms with E-state index in [4.69, 9.17) is 5.73 Å². The molecule has 0 radical (unpaired) electrons. The molecule has 1 aromatic rings. The van der Waals surface area contributed by atoms with Gasteiger partial charge in [-0.25, -0.2) is 4.98 Å². The average Bonchev–Trinajstić information content (AvgIpc) is 2.62. The molecular formula is C10H18N4OS. The number of amides is 1. The van der Waals surface area contributed by atoms with Gasteiger partial charge >= 0.3 is 0 Å². The second-order valence-corrected chi connectivity index (χ2v) is 4.52. The first kappa shape index (κ1) is 12.9. The zero-order chi connectivity index (χ0) is 12.0. The molecule has 1 amide bonds. The highest BCUT2D eigenvalue weighted by Gasteiger charge is 2.05. The number of carbonyl (C=O) groups is 1. The van der Waals surface area contributed by atoms with Gasteiger partial charge in [-0.15, -0.1) is 11.3 Å². The Hall–Kier alpha value is -1.14. The van der Waals surface area contributed by atoms with Crippen molar-refractivity contribution in [3.05, 3.63) is 11.1 Å². The lowest BCUT2D eigenvalue weighted by Gasteiger charge is -2.12. The van der Waals surface area contributed by atoms with Crippen LogP contribution in [0.4, 0.5) is 5.13 Å². The second kappa shape index (κ2) is 6.44. The first-order valence-electron chi connectivity index (χ1n) is 5.27. The molecular weight excluding hydrogens is 224 g/mol. The van der Waals surface area contributed by atoms with Crippen LogP contribution in [-0.2, 0) is 11.2 Å². The third kappa shape index (κ3) is 4.59. The molecule has 0 saturated heterocycles. The maximum absolute atomic E-state index is 10.8. The maximum atomic E-state index is 10.8. The Morgan fingerprint density at radius 3 is 3.06 bits per heavy atom. The van der Waals surface area contributed by atoms with Crippen LogP contribution < -0.4 is 16.4 Å². The molecule has 0 aliphatic carbocycles. The van der Waals surface area contributed by atoms with Crippen LogP contribution in [0.2, 0.25) is 0 Å². The fourth-order valence-electron chi connectivity index (χ4n) is 1.29. The molecule has 16 heavy (non-hydrogen) atoms. The van der Waals surface area contributed by atoms with E-state index < -0.39 is 0 Å². The van der Waals surface area contributed by atoms with Crippen molar-refractivity contribution < 1.29 is 4.79 Å². The molecule has 0 bridgehead atoms. The van der Waals surface area contributed by atoms with E-state index in [9.17, 15) is 4.79 Å².